The summed E-state index contributed by atoms with van der Waals surface area (Å²) in [6.07, 6.45) is -12.4. The summed E-state index contributed by atoms with van der Waals surface area (Å²) in [4.78, 5) is 12.2. The fourth-order valence-electron chi connectivity index (χ4n) is 2.24. The first-order valence-electron chi connectivity index (χ1n) is 7.28. The zero-order valence-electron chi connectivity index (χ0n) is 13.9. The van der Waals surface area contributed by atoms with Crippen molar-refractivity contribution in [1.29, 1.82) is 0 Å². The molecule has 0 amide bonds. The molecule has 0 aliphatic heterocycles. The van der Waals surface area contributed by atoms with Gasteiger partial charge < -0.3 is 10.5 Å². The van der Waals surface area contributed by atoms with Gasteiger partial charge in [0.15, 0.2) is 0 Å². The molecule has 3 nitrogen and oxygen atoms in total. The van der Waals surface area contributed by atoms with Gasteiger partial charge in [0.1, 0.15) is 11.1 Å². The Balaban J connectivity index is 3.30. The van der Waals surface area contributed by atoms with Gasteiger partial charge in [-0.1, -0.05) is 18.2 Å². The summed E-state index contributed by atoms with van der Waals surface area (Å²) in [5, 5.41) is 0. The molecule has 9 heteroatoms. The van der Waals surface area contributed by atoms with Gasteiger partial charge in [0, 0.05) is 6.42 Å². The molecular formula is C16H19F6NO2. The van der Waals surface area contributed by atoms with Crippen LogP contribution in [0.15, 0.2) is 24.3 Å². The highest BCUT2D eigenvalue weighted by Gasteiger charge is 2.48. The molecule has 0 bridgehead atoms. The maximum absolute atomic E-state index is 13.1. The molecule has 0 fully saturated rings. The number of halogens is 6. The number of carbonyl (C=O) groups excluding carboxylic acids is 1. The summed E-state index contributed by atoms with van der Waals surface area (Å²) >= 11 is 0. The van der Waals surface area contributed by atoms with Crippen LogP contribution < -0.4 is 5.73 Å². The molecule has 0 heterocycles. The molecule has 0 unspecified atom stereocenters. The van der Waals surface area contributed by atoms with Crippen molar-refractivity contribution in [2.75, 3.05) is 0 Å². The number of benzene rings is 1. The fourth-order valence-corrected chi connectivity index (χ4v) is 2.24. The van der Waals surface area contributed by atoms with E-state index in [4.69, 9.17) is 10.5 Å². The fraction of sp³-hybridized carbons (Fsp3) is 0.562. The van der Waals surface area contributed by atoms with Crippen molar-refractivity contribution >= 4 is 5.97 Å². The smallest absolute Gasteiger partial charge is 0.416 e. The van der Waals surface area contributed by atoms with Crippen molar-refractivity contribution < 1.29 is 35.9 Å². The van der Waals surface area contributed by atoms with E-state index in [9.17, 15) is 31.1 Å². The van der Waals surface area contributed by atoms with E-state index in [1.807, 2.05) is 0 Å². The Morgan fingerprint density at radius 2 is 1.56 bits per heavy atom. The molecular weight excluding hydrogens is 352 g/mol. The van der Waals surface area contributed by atoms with Gasteiger partial charge in [0.05, 0.1) is 12.0 Å². The van der Waals surface area contributed by atoms with Crippen LogP contribution in [-0.2, 0) is 22.1 Å². The van der Waals surface area contributed by atoms with Gasteiger partial charge in [0.2, 0.25) is 0 Å². The van der Waals surface area contributed by atoms with Crippen LogP contribution in [0.2, 0.25) is 0 Å². The number of nitrogens with two attached hydrogens (primary N) is 1. The second kappa shape index (κ2) is 6.86. The van der Waals surface area contributed by atoms with Crippen molar-refractivity contribution in [2.24, 2.45) is 5.73 Å². The maximum Gasteiger partial charge on any atom is 0.416 e. The number of esters is 1. The van der Waals surface area contributed by atoms with E-state index in [0.29, 0.717) is 0 Å². The number of rotatable bonds is 4. The summed E-state index contributed by atoms with van der Waals surface area (Å²) in [6, 6.07) is 4.04. The molecule has 2 N–H and O–H groups in total. The van der Waals surface area contributed by atoms with E-state index < -0.39 is 53.4 Å². The Bertz CT molecular complexity index is 618. The minimum absolute atomic E-state index is 0.507. The monoisotopic (exact) mass is 371 g/mol. The lowest BCUT2D eigenvalue weighted by Gasteiger charge is -2.32. The maximum atomic E-state index is 13.1. The number of hydrogen-bond acceptors (Lipinski definition) is 3. The van der Waals surface area contributed by atoms with Gasteiger partial charge in [-0.05, 0) is 32.4 Å². The first-order valence-corrected chi connectivity index (χ1v) is 7.28. The third-order valence-corrected chi connectivity index (χ3v) is 3.15. The largest absolute Gasteiger partial charge is 0.459 e. The Labute approximate surface area is 141 Å². The zero-order valence-corrected chi connectivity index (χ0v) is 13.9. The van der Waals surface area contributed by atoms with Gasteiger partial charge in [-0.2, -0.15) is 26.3 Å². The van der Waals surface area contributed by atoms with E-state index in [-0.39, 0.29) is 0 Å². The second-order valence-electron chi connectivity index (χ2n) is 6.78. The Hall–Kier alpha value is -1.77. The van der Waals surface area contributed by atoms with Crippen molar-refractivity contribution in [3.05, 3.63) is 35.4 Å². The van der Waals surface area contributed by atoms with Crippen molar-refractivity contribution in [2.45, 2.75) is 57.1 Å². The van der Waals surface area contributed by atoms with Crippen molar-refractivity contribution in [3.63, 3.8) is 0 Å². The molecule has 0 aliphatic carbocycles. The van der Waals surface area contributed by atoms with Crippen LogP contribution in [0.25, 0.3) is 0 Å². The molecule has 25 heavy (non-hydrogen) atoms. The zero-order chi connectivity index (χ0) is 19.7. The van der Waals surface area contributed by atoms with Crippen LogP contribution >= 0.6 is 0 Å². The van der Waals surface area contributed by atoms with Crippen LogP contribution in [-0.4, -0.2) is 23.3 Å². The van der Waals surface area contributed by atoms with Crippen molar-refractivity contribution in [1.82, 2.24) is 0 Å². The third-order valence-electron chi connectivity index (χ3n) is 3.15. The third kappa shape index (κ3) is 6.56. The number of alkyl halides is 6. The highest BCUT2D eigenvalue weighted by Crippen LogP contribution is 2.36. The van der Waals surface area contributed by atoms with Crippen LogP contribution in [0.3, 0.4) is 0 Å². The average Bonchev–Trinajstić information content (AvgIpc) is 2.33. The van der Waals surface area contributed by atoms with E-state index in [1.54, 1.807) is 0 Å². The lowest BCUT2D eigenvalue weighted by molar-refractivity contribution is -0.179. The van der Waals surface area contributed by atoms with Crippen molar-refractivity contribution in [3.8, 4) is 0 Å². The molecule has 0 saturated heterocycles. The average molecular weight is 371 g/mol. The molecule has 1 rings (SSSR count). The topological polar surface area (TPSA) is 52.3 Å². The van der Waals surface area contributed by atoms with Gasteiger partial charge in [-0.25, -0.2) is 0 Å². The number of carbonyl (C=O) groups is 1. The molecule has 1 aromatic rings. The predicted octanol–water partition coefficient (Wildman–Crippen LogP) is 4.24. The van der Waals surface area contributed by atoms with E-state index in [1.165, 1.54) is 26.8 Å². The van der Waals surface area contributed by atoms with E-state index in [0.717, 1.165) is 18.2 Å². The summed E-state index contributed by atoms with van der Waals surface area (Å²) in [6.45, 7) is 4.26. The number of ether oxygens (including phenoxy) is 1. The second-order valence-corrected chi connectivity index (χ2v) is 6.78. The standard InChI is InChI=1S/C16H19F6NO2/c1-13(2,3)25-12(24)14(23,9-15(17,18)19)8-10-6-4-5-7-11(10)16(20,21)22/h4-7H,8-9,23H2,1-3H3/t14-/m0/s1. The molecule has 0 aliphatic rings. The first kappa shape index (κ1) is 21.3. The predicted molar refractivity (Wildman–Crippen MR) is 78.6 cm³/mol. The molecule has 0 aromatic heterocycles. The van der Waals surface area contributed by atoms with Gasteiger partial charge in [-0.15, -0.1) is 0 Å². The molecule has 1 atom stereocenters. The molecule has 0 saturated carbocycles. The van der Waals surface area contributed by atoms with E-state index in [2.05, 4.69) is 0 Å². The lowest BCUT2D eigenvalue weighted by atomic mass is 9.86. The molecule has 1 aromatic carbocycles. The van der Waals surface area contributed by atoms with Gasteiger partial charge in [0.25, 0.3) is 0 Å². The lowest BCUT2D eigenvalue weighted by Crippen LogP contribution is -2.55. The SMILES string of the molecule is CC(C)(C)OC(=O)[C@](N)(Cc1ccccc1C(F)(F)F)CC(F)(F)F. The summed E-state index contributed by atoms with van der Waals surface area (Å²) in [7, 11) is 0. The first-order chi connectivity index (χ1) is 11.0. The van der Waals surface area contributed by atoms with Crippen LogP contribution in [0.1, 0.15) is 38.3 Å². The van der Waals surface area contributed by atoms with Crippen LogP contribution in [0.5, 0.6) is 0 Å². The molecule has 0 spiro atoms. The summed E-state index contributed by atoms with van der Waals surface area (Å²) < 4.78 is 82.7. The quantitative estimate of drug-likeness (QED) is 0.636. The highest BCUT2D eigenvalue weighted by molar-refractivity contribution is 5.81. The Morgan fingerprint density at radius 1 is 1.04 bits per heavy atom. The molecule has 142 valence electrons. The highest BCUT2D eigenvalue weighted by atomic mass is 19.4. The van der Waals surface area contributed by atoms with E-state index >= 15 is 0 Å². The van der Waals surface area contributed by atoms with Crippen LogP contribution in [0, 0.1) is 0 Å². The Kier molecular flexibility index (Phi) is 5.83. The van der Waals surface area contributed by atoms with Gasteiger partial charge >= 0.3 is 18.3 Å². The number of hydrogen-bond donors (Lipinski definition) is 1. The minimum atomic E-state index is -4.86. The summed E-state index contributed by atoms with van der Waals surface area (Å²) in [5.41, 5.74) is 0.152. The Morgan fingerprint density at radius 3 is 2.00 bits per heavy atom. The van der Waals surface area contributed by atoms with Gasteiger partial charge in [-0.3, -0.25) is 4.79 Å². The molecule has 0 radical (unpaired) electrons. The minimum Gasteiger partial charge on any atom is -0.459 e. The normalized spacial score (nSPS) is 15.6. The summed E-state index contributed by atoms with van der Waals surface area (Å²) in [5.74, 6) is -1.41. The van der Waals surface area contributed by atoms with Crippen LogP contribution in [0.4, 0.5) is 26.3 Å².